The highest BCUT2D eigenvalue weighted by molar-refractivity contribution is 5.85. The largest absolute Gasteiger partial charge is 0.481 e. The van der Waals surface area contributed by atoms with Crippen molar-refractivity contribution in [3.8, 4) is 0 Å². The van der Waals surface area contributed by atoms with Crippen LogP contribution in [-0.4, -0.2) is 35.2 Å². The lowest BCUT2D eigenvalue weighted by atomic mass is 9.97. The number of nitrogens with one attached hydrogen (secondary N) is 1. The van der Waals surface area contributed by atoms with E-state index in [1.165, 1.54) is 0 Å². The predicted octanol–water partition coefficient (Wildman–Crippen LogP) is -0.587. The third-order valence-corrected chi connectivity index (χ3v) is 1.85. The van der Waals surface area contributed by atoms with Crippen LogP contribution in [0.3, 0.4) is 0 Å². The summed E-state index contributed by atoms with van der Waals surface area (Å²) in [5.74, 6) is -3.62. The molecule has 2 unspecified atom stereocenters. The maximum atomic E-state index is 10.4. The molecule has 70 valence electrons. The maximum absolute atomic E-state index is 10.4. The molecule has 1 heterocycles. The molecule has 0 aromatic carbocycles. The van der Waals surface area contributed by atoms with Gasteiger partial charge in [0.1, 0.15) is 0 Å². The fraction of sp³-hybridized carbons (Fsp3) is 0.667. The van der Waals surface area contributed by atoms with Crippen molar-refractivity contribution < 1.29 is 19.8 Å². The van der Waals surface area contributed by atoms with E-state index in [9.17, 15) is 9.59 Å². The summed E-state index contributed by atoms with van der Waals surface area (Å²) in [5, 5.41) is 19.8. The van der Waals surface area contributed by atoms with Crippen molar-refractivity contribution >= 4 is 24.3 Å². The molecule has 6 heteroatoms. The Bertz CT molecular complexity index is 176. The van der Waals surface area contributed by atoms with Gasteiger partial charge in [0.25, 0.3) is 0 Å². The predicted molar refractivity (Wildman–Crippen MR) is 42.4 cm³/mol. The quantitative estimate of drug-likeness (QED) is 0.549. The molecule has 0 aromatic heterocycles. The molecule has 0 aromatic rings. The van der Waals surface area contributed by atoms with Crippen molar-refractivity contribution in [1.82, 2.24) is 5.32 Å². The number of hydrogen-bond donors (Lipinski definition) is 3. The summed E-state index contributed by atoms with van der Waals surface area (Å²) in [6, 6.07) is 0. The van der Waals surface area contributed by atoms with E-state index in [1.807, 2.05) is 0 Å². The highest BCUT2D eigenvalue weighted by Crippen LogP contribution is 2.16. The smallest absolute Gasteiger partial charge is 0.308 e. The molecular weight excluding hydrogens is 186 g/mol. The molecule has 0 spiro atoms. The second-order valence-electron chi connectivity index (χ2n) is 2.55. The number of halogens is 1. The van der Waals surface area contributed by atoms with Crippen molar-refractivity contribution in [2.24, 2.45) is 11.8 Å². The first-order chi connectivity index (χ1) is 5.13. The summed E-state index contributed by atoms with van der Waals surface area (Å²) in [6.45, 7) is 0.513. The summed E-state index contributed by atoms with van der Waals surface area (Å²) in [7, 11) is 0. The fourth-order valence-corrected chi connectivity index (χ4v) is 1.20. The molecule has 2 atom stereocenters. The van der Waals surface area contributed by atoms with Gasteiger partial charge >= 0.3 is 11.9 Å². The van der Waals surface area contributed by atoms with E-state index >= 15 is 0 Å². The summed E-state index contributed by atoms with van der Waals surface area (Å²) in [5.41, 5.74) is 0. The minimum Gasteiger partial charge on any atom is -0.481 e. The van der Waals surface area contributed by atoms with Crippen LogP contribution in [0.25, 0.3) is 0 Å². The first-order valence-electron chi connectivity index (χ1n) is 3.29. The summed E-state index contributed by atoms with van der Waals surface area (Å²) < 4.78 is 0. The van der Waals surface area contributed by atoms with Crippen LogP contribution in [0.15, 0.2) is 0 Å². The molecule has 1 fully saturated rings. The molecule has 0 radical (unpaired) electrons. The number of hydrogen-bond acceptors (Lipinski definition) is 3. The van der Waals surface area contributed by atoms with Gasteiger partial charge in [-0.2, -0.15) is 0 Å². The molecule has 12 heavy (non-hydrogen) atoms. The van der Waals surface area contributed by atoms with E-state index in [0.29, 0.717) is 0 Å². The zero-order valence-electron chi connectivity index (χ0n) is 6.19. The molecule has 1 rings (SSSR count). The SMILES string of the molecule is Cl.O=C(O)C1CNCC1C(=O)O. The van der Waals surface area contributed by atoms with Gasteiger partial charge in [-0.15, -0.1) is 12.4 Å². The Balaban J connectivity index is 0.00000121. The first-order valence-corrected chi connectivity index (χ1v) is 3.29. The van der Waals surface area contributed by atoms with Crippen LogP contribution < -0.4 is 5.32 Å². The standard InChI is InChI=1S/C6H9NO4.ClH/c8-5(9)3-1-7-2-4(3)6(10)11;/h3-4,7H,1-2H2,(H,8,9)(H,10,11);1H. The molecule has 0 amide bonds. The van der Waals surface area contributed by atoms with Crippen molar-refractivity contribution in [3.05, 3.63) is 0 Å². The third-order valence-electron chi connectivity index (χ3n) is 1.85. The van der Waals surface area contributed by atoms with E-state index in [0.717, 1.165) is 0 Å². The first kappa shape index (κ1) is 11.2. The fourth-order valence-electron chi connectivity index (χ4n) is 1.20. The minimum absolute atomic E-state index is 0. The highest BCUT2D eigenvalue weighted by Gasteiger charge is 2.37. The van der Waals surface area contributed by atoms with Crippen LogP contribution in [-0.2, 0) is 9.59 Å². The van der Waals surface area contributed by atoms with Crippen LogP contribution in [0.1, 0.15) is 0 Å². The van der Waals surface area contributed by atoms with Crippen molar-refractivity contribution in [2.45, 2.75) is 0 Å². The van der Waals surface area contributed by atoms with E-state index in [4.69, 9.17) is 10.2 Å². The summed E-state index contributed by atoms with van der Waals surface area (Å²) in [6.07, 6.45) is 0. The monoisotopic (exact) mass is 195 g/mol. The van der Waals surface area contributed by atoms with Gasteiger partial charge in [-0.1, -0.05) is 0 Å². The lowest BCUT2D eigenvalue weighted by Crippen LogP contribution is -2.28. The molecule has 1 aliphatic heterocycles. The van der Waals surface area contributed by atoms with Crippen LogP contribution >= 0.6 is 12.4 Å². The third kappa shape index (κ3) is 2.09. The second kappa shape index (κ2) is 4.27. The van der Waals surface area contributed by atoms with Gasteiger partial charge in [0, 0.05) is 13.1 Å². The number of rotatable bonds is 2. The van der Waals surface area contributed by atoms with Crippen molar-refractivity contribution in [2.75, 3.05) is 13.1 Å². The number of carboxylic acid groups (broad SMARTS) is 2. The van der Waals surface area contributed by atoms with Crippen molar-refractivity contribution in [1.29, 1.82) is 0 Å². The van der Waals surface area contributed by atoms with E-state index < -0.39 is 23.8 Å². The minimum atomic E-state index is -1.04. The molecule has 0 aliphatic carbocycles. The topological polar surface area (TPSA) is 86.6 Å². The van der Waals surface area contributed by atoms with Gasteiger partial charge in [0.05, 0.1) is 11.8 Å². The van der Waals surface area contributed by atoms with Gasteiger partial charge in [-0.3, -0.25) is 9.59 Å². The number of aliphatic carboxylic acids is 2. The van der Waals surface area contributed by atoms with Gasteiger partial charge in [0.15, 0.2) is 0 Å². The van der Waals surface area contributed by atoms with E-state index in [2.05, 4.69) is 5.32 Å². The molecule has 1 saturated heterocycles. The Morgan fingerprint density at radius 3 is 1.67 bits per heavy atom. The van der Waals surface area contributed by atoms with E-state index in [-0.39, 0.29) is 25.5 Å². The molecule has 0 bridgehead atoms. The Morgan fingerprint density at radius 2 is 1.42 bits per heavy atom. The van der Waals surface area contributed by atoms with Gasteiger partial charge < -0.3 is 15.5 Å². The van der Waals surface area contributed by atoms with Crippen molar-refractivity contribution in [3.63, 3.8) is 0 Å². The average molecular weight is 196 g/mol. The van der Waals surface area contributed by atoms with Crippen LogP contribution in [0.4, 0.5) is 0 Å². The molecular formula is C6H10ClNO4. The average Bonchev–Trinajstić information content (AvgIpc) is 2.32. The Hall–Kier alpha value is -0.810. The number of carboxylic acids is 2. The van der Waals surface area contributed by atoms with E-state index in [1.54, 1.807) is 0 Å². The molecule has 1 aliphatic rings. The lowest BCUT2D eigenvalue weighted by Gasteiger charge is -2.07. The van der Waals surface area contributed by atoms with Gasteiger partial charge in [-0.25, -0.2) is 0 Å². The molecule has 5 nitrogen and oxygen atoms in total. The Labute approximate surface area is 75.2 Å². The zero-order valence-corrected chi connectivity index (χ0v) is 7.00. The lowest BCUT2D eigenvalue weighted by molar-refractivity contribution is -0.151. The molecule has 0 saturated carbocycles. The maximum Gasteiger partial charge on any atom is 0.308 e. The molecule has 3 N–H and O–H groups in total. The second-order valence-corrected chi connectivity index (χ2v) is 2.55. The van der Waals surface area contributed by atoms with Crippen LogP contribution in [0.2, 0.25) is 0 Å². The Kier molecular flexibility index (Phi) is 3.99. The van der Waals surface area contributed by atoms with Gasteiger partial charge in [0.2, 0.25) is 0 Å². The summed E-state index contributed by atoms with van der Waals surface area (Å²) in [4.78, 5) is 20.8. The summed E-state index contributed by atoms with van der Waals surface area (Å²) >= 11 is 0. The van der Waals surface area contributed by atoms with Crippen LogP contribution in [0, 0.1) is 11.8 Å². The van der Waals surface area contributed by atoms with Crippen LogP contribution in [0.5, 0.6) is 0 Å². The Morgan fingerprint density at radius 1 is 1.08 bits per heavy atom. The van der Waals surface area contributed by atoms with Gasteiger partial charge in [-0.05, 0) is 0 Å². The normalized spacial score (nSPS) is 27.7. The highest BCUT2D eigenvalue weighted by atomic mass is 35.5. The zero-order chi connectivity index (χ0) is 8.43. The number of carbonyl (C=O) groups is 2.